The Morgan fingerprint density at radius 3 is 1.85 bits per heavy atom. The Labute approximate surface area is 278 Å². The van der Waals surface area contributed by atoms with Crippen LogP contribution >= 0.6 is 0 Å². The van der Waals surface area contributed by atoms with Gasteiger partial charge in [0.25, 0.3) is 0 Å². The molecule has 0 aliphatic heterocycles. The number of hydrogen-bond donors (Lipinski definition) is 0. The number of hydrogen-bond acceptors (Lipinski definition) is 2. The number of oxazole rings is 1. The average Bonchev–Trinajstić information content (AvgIpc) is 3.51. The maximum atomic E-state index is 14.1. The summed E-state index contributed by atoms with van der Waals surface area (Å²) < 4.78 is 20.6. The van der Waals surface area contributed by atoms with E-state index in [1.165, 1.54) is 71.9 Å². The monoisotopic (exact) mass is 621 g/mol. The lowest BCUT2D eigenvalue weighted by Crippen LogP contribution is -1.94. The van der Waals surface area contributed by atoms with Crippen LogP contribution < -0.4 is 0 Å². The molecule has 9 aromatic rings. The number of nitrogens with zero attached hydrogens (tertiary/aromatic N) is 1. The van der Waals surface area contributed by atoms with Gasteiger partial charge in [0, 0.05) is 5.56 Å². The van der Waals surface area contributed by atoms with E-state index >= 15 is 0 Å². The molecule has 0 amide bonds. The van der Waals surface area contributed by atoms with Gasteiger partial charge in [-0.05, 0) is 135 Å². The van der Waals surface area contributed by atoms with Crippen molar-refractivity contribution in [1.82, 2.24) is 4.98 Å². The van der Waals surface area contributed by atoms with E-state index in [4.69, 9.17) is 9.40 Å². The summed E-state index contributed by atoms with van der Waals surface area (Å²) in [5.74, 6) is 0.307. The van der Waals surface area contributed by atoms with E-state index in [9.17, 15) is 4.39 Å². The molecule has 230 valence electrons. The molecule has 9 rings (SSSR count). The molecular formula is C45H32FNO. The largest absolute Gasteiger partial charge is 0.436 e. The second kappa shape index (κ2) is 10.6. The maximum absolute atomic E-state index is 14.1. The molecule has 8 aromatic carbocycles. The summed E-state index contributed by atoms with van der Waals surface area (Å²) in [6.07, 6.45) is 0. The fourth-order valence-electron chi connectivity index (χ4n) is 7.65. The minimum absolute atomic E-state index is 0.262. The van der Waals surface area contributed by atoms with Crippen LogP contribution in [0.4, 0.5) is 4.39 Å². The van der Waals surface area contributed by atoms with E-state index in [0.717, 1.165) is 33.2 Å². The SMILES string of the molecule is Cc1ccc(-c2ccc3ccc4c(-c5ccc(C)cc5C)cc(-c5nc6cc(-c7cccc(F)c7)ccc6o5)c5ccc2c3c54)c(C)c1. The Kier molecular flexibility index (Phi) is 6.29. The second-order valence-electron chi connectivity index (χ2n) is 13.2. The number of rotatable bonds is 4. The third-order valence-corrected chi connectivity index (χ3v) is 9.90. The Morgan fingerprint density at radius 2 is 1.12 bits per heavy atom. The molecule has 1 aromatic heterocycles. The minimum Gasteiger partial charge on any atom is -0.436 e. The molecule has 2 nitrogen and oxygen atoms in total. The van der Waals surface area contributed by atoms with E-state index in [-0.39, 0.29) is 5.82 Å². The van der Waals surface area contributed by atoms with Crippen molar-refractivity contribution >= 4 is 43.4 Å². The predicted octanol–water partition coefficient (Wildman–Crippen LogP) is 12.8. The van der Waals surface area contributed by atoms with E-state index in [1.54, 1.807) is 12.1 Å². The number of aromatic nitrogens is 1. The summed E-state index contributed by atoms with van der Waals surface area (Å²) in [7, 11) is 0. The average molecular weight is 622 g/mol. The standard InChI is InChI=1S/C45H32FNO/c1-25-8-13-33(27(3)20-25)35-15-10-29-11-16-37-39(34-14-9-26(2)21-28(34)4)24-40(38-18-17-36(35)43(29)44(37)38)45-47-41-23-31(12-19-42(41)48-45)30-6-5-7-32(46)22-30/h5-24H,1-4H3. The van der Waals surface area contributed by atoms with Gasteiger partial charge in [0.1, 0.15) is 11.3 Å². The van der Waals surface area contributed by atoms with Gasteiger partial charge in [-0.25, -0.2) is 9.37 Å². The highest BCUT2D eigenvalue weighted by Crippen LogP contribution is 2.47. The fourth-order valence-corrected chi connectivity index (χ4v) is 7.65. The summed E-state index contributed by atoms with van der Waals surface area (Å²) in [6.45, 7) is 8.66. The molecule has 0 atom stereocenters. The van der Waals surface area contributed by atoms with Gasteiger partial charge in [0.15, 0.2) is 5.58 Å². The van der Waals surface area contributed by atoms with Crippen molar-refractivity contribution in [2.45, 2.75) is 27.7 Å². The molecule has 0 saturated heterocycles. The van der Waals surface area contributed by atoms with Gasteiger partial charge in [-0.3, -0.25) is 0 Å². The van der Waals surface area contributed by atoms with Crippen LogP contribution in [0.1, 0.15) is 22.3 Å². The first-order valence-electron chi connectivity index (χ1n) is 16.4. The normalized spacial score (nSPS) is 11.9. The highest BCUT2D eigenvalue weighted by molar-refractivity contribution is 6.29. The van der Waals surface area contributed by atoms with Crippen LogP contribution in [0.5, 0.6) is 0 Å². The van der Waals surface area contributed by atoms with Crippen molar-refractivity contribution in [3.63, 3.8) is 0 Å². The first-order valence-corrected chi connectivity index (χ1v) is 16.4. The van der Waals surface area contributed by atoms with Crippen LogP contribution in [0.25, 0.3) is 88.3 Å². The molecule has 48 heavy (non-hydrogen) atoms. The first-order chi connectivity index (χ1) is 23.3. The topological polar surface area (TPSA) is 26.0 Å². The van der Waals surface area contributed by atoms with Crippen LogP contribution in [-0.4, -0.2) is 4.98 Å². The molecule has 0 spiro atoms. The van der Waals surface area contributed by atoms with Crippen molar-refractivity contribution in [3.05, 3.63) is 149 Å². The Hall–Kier alpha value is -5.80. The van der Waals surface area contributed by atoms with Crippen molar-refractivity contribution in [3.8, 4) is 44.8 Å². The van der Waals surface area contributed by atoms with Gasteiger partial charge in [-0.1, -0.05) is 102 Å². The van der Waals surface area contributed by atoms with E-state index in [2.05, 4.69) is 107 Å². The van der Waals surface area contributed by atoms with Crippen molar-refractivity contribution in [1.29, 1.82) is 0 Å². The number of halogens is 1. The fraction of sp³-hybridized carbons (Fsp3) is 0.0889. The molecular weight excluding hydrogens is 589 g/mol. The van der Waals surface area contributed by atoms with Gasteiger partial charge in [-0.15, -0.1) is 0 Å². The van der Waals surface area contributed by atoms with E-state index in [1.807, 2.05) is 24.3 Å². The molecule has 0 fully saturated rings. The van der Waals surface area contributed by atoms with Crippen molar-refractivity contribution in [2.75, 3.05) is 0 Å². The Balaban J connectivity index is 1.35. The Morgan fingerprint density at radius 1 is 0.500 bits per heavy atom. The molecule has 0 bridgehead atoms. The first kappa shape index (κ1) is 28.4. The predicted molar refractivity (Wildman–Crippen MR) is 198 cm³/mol. The molecule has 0 radical (unpaired) electrons. The number of aryl methyl sites for hydroxylation is 4. The third-order valence-electron chi connectivity index (χ3n) is 9.90. The summed E-state index contributed by atoms with van der Waals surface area (Å²) in [5.41, 5.74) is 13.9. The lowest BCUT2D eigenvalue weighted by molar-refractivity contribution is 0.620. The lowest BCUT2D eigenvalue weighted by Gasteiger charge is -2.19. The van der Waals surface area contributed by atoms with Gasteiger partial charge >= 0.3 is 0 Å². The number of benzene rings is 8. The molecule has 3 heteroatoms. The van der Waals surface area contributed by atoms with Crippen LogP contribution in [-0.2, 0) is 0 Å². The molecule has 0 aliphatic carbocycles. The molecule has 0 unspecified atom stereocenters. The molecule has 0 saturated carbocycles. The minimum atomic E-state index is -0.262. The van der Waals surface area contributed by atoms with Gasteiger partial charge in [-0.2, -0.15) is 0 Å². The summed E-state index contributed by atoms with van der Waals surface area (Å²) in [6, 6.07) is 41.7. The zero-order chi connectivity index (χ0) is 32.7. The van der Waals surface area contributed by atoms with Gasteiger partial charge in [0.05, 0.1) is 0 Å². The maximum Gasteiger partial charge on any atom is 0.227 e. The van der Waals surface area contributed by atoms with Gasteiger partial charge < -0.3 is 4.42 Å². The van der Waals surface area contributed by atoms with Gasteiger partial charge in [0.2, 0.25) is 5.89 Å². The van der Waals surface area contributed by atoms with Crippen LogP contribution in [0.3, 0.4) is 0 Å². The highest BCUT2D eigenvalue weighted by Gasteiger charge is 2.22. The molecule has 1 heterocycles. The zero-order valence-corrected chi connectivity index (χ0v) is 27.3. The van der Waals surface area contributed by atoms with Crippen molar-refractivity contribution < 1.29 is 8.81 Å². The van der Waals surface area contributed by atoms with E-state index in [0.29, 0.717) is 11.5 Å². The highest BCUT2D eigenvalue weighted by atomic mass is 19.1. The summed E-state index contributed by atoms with van der Waals surface area (Å²) in [5, 5.41) is 7.22. The van der Waals surface area contributed by atoms with Crippen LogP contribution in [0.15, 0.2) is 126 Å². The number of fused-ring (bicyclic) bond motifs is 1. The zero-order valence-electron chi connectivity index (χ0n) is 27.3. The smallest absolute Gasteiger partial charge is 0.227 e. The van der Waals surface area contributed by atoms with E-state index < -0.39 is 0 Å². The summed E-state index contributed by atoms with van der Waals surface area (Å²) >= 11 is 0. The lowest BCUT2D eigenvalue weighted by atomic mass is 9.84. The van der Waals surface area contributed by atoms with Crippen LogP contribution in [0, 0.1) is 33.5 Å². The van der Waals surface area contributed by atoms with Crippen LogP contribution in [0.2, 0.25) is 0 Å². The third kappa shape index (κ3) is 4.42. The molecule has 0 aliphatic rings. The van der Waals surface area contributed by atoms with Crippen molar-refractivity contribution in [2.24, 2.45) is 0 Å². The summed E-state index contributed by atoms with van der Waals surface area (Å²) in [4.78, 5) is 5.07. The quantitative estimate of drug-likeness (QED) is 0.183. The Bertz CT molecular complexity index is 2730. The second-order valence-corrected chi connectivity index (χ2v) is 13.2. The molecule has 0 N–H and O–H groups in total.